The lowest BCUT2D eigenvalue weighted by molar-refractivity contribution is 0.0537. The third kappa shape index (κ3) is 4.21. The molecule has 3 aromatic rings. The molecule has 0 N–H and O–H groups in total. The Labute approximate surface area is 176 Å². The van der Waals surface area contributed by atoms with Crippen LogP contribution in [0.5, 0.6) is 0 Å². The summed E-state index contributed by atoms with van der Waals surface area (Å²) in [5.41, 5.74) is 4.09. The number of nitrogens with zero attached hydrogens (tertiary/aromatic N) is 2. The van der Waals surface area contributed by atoms with E-state index in [9.17, 15) is 4.79 Å². The van der Waals surface area contributed by atoms with E-state index in [1.807, 2.05) is 20.8 Å². The molecule has 0 bridgehead atoms. The predicted molar refractivity (Wildman–Crippen MR) is 120 cm³/mol. The molecule has 0 amide bonds. The van der Waals surface area contributed by atoms with Crippen LogP contribution in [0.3, 0.4) is 0 Å². The van der Waals surface area contributed by atoms with Gasteiger partial charge in [-0.15, -0.1) is 11.8 Å². The third-order valence-electron chi connectivity index (χ3n) is 5.26. The Bertz CT molecular complexity index is 1030. The van der Waals surface area contributed by atoms with Crippen LogP contribution in [0.4, 0.5) is 4.79 Å². The number of aromatic nitrogens is 1. The average Bonchev–Trinajstić information content (AvgIpc) is 3.00. The Morgan fingerprint density at radius 2 is 1.90 bits per heavy atom. The van der Waals surface area contributed by atoms with E-state index in [-0.39, 0.29) is 6.09 Å². The number of carbonyl (C=O) groups is 1. The van der Waals surface area contributed by atoms with Crippen LogP contribution >= 0.6 is 11.8 Å². The molecule has 0 saturated heterocycles. The van der Waals surface area contributed by atoms with Gasteiger partial charge in [0.05, 0.1) is 5.52 Å². The molecule has 1 aliphatic heterocycles. The minimum Gasteiger partial charge on any atom is -0.443 e. The number of carbonyl (C=O) groups excluding carboxylic acids is 1. The molecule has 1 aliphatic rings. The lowest BCUT2D eigenvalue weighted by atomic mass is 10.0. The van der Waals surface area contributed by atoms with Gasteiger partial charge in [-0.25, -0.2) is 9.36 Å². The fourth-order valence-corrected chi connectivity index (χ4v) is 4.45. The van der Waals surface area contributed by atoms with E-state index in [2.05, 4.69) is 59.7 Å². The van der Waals surface area contributed by atoms with Gasteiger partial charge in [-0.2, -0.15) is 0 Å². The van der Waals surface area contributed by atoms with E-state index in [0.717, 1.165) is 42.7 Å². The molecule has 0 fully saturated rings. The van der Waals surface area contributed by atoms with Gasteiger partial charge in [0.1, 0.15) is 5.60 Å². The lowest BCUT2D eigenvalue weighted by Crippen LogP contribution is -2.33. The monoisotopic (exact) mass is 408 g/mol. The van der Waals surface area contributed by atoms with Crippen molar-refractivity contribution in [1.29, 1.82) is 0 Å². The van der Waals surface area contributed by atoms with Crippen LogP contribution in [-0.4, -0.2) is 34.0 Å². The number of rotatable bonds is 3. The number of benzene rings is 2. The zero-order valence-corrected chi connectivity index (χ0v) is 18.4. The van der Waals surface area contributed by atoms with Crippen LogP contribution in [0.1, 0.15) is 37.6 Å². The second-order valence-electron chi connectivity index (χ2n) is 8.57. The molecular formula is C24H28N2O2S. The Hall–Kier alpha value is -2.24. The van der Waals surface area contributed by atoms with Crippen LogP contribution in [0, 0.1) is 0 Å². The molecule has 0 saturated carbocycles. The number of hydrogen-bond acceptors (Lipinski definition) is 4. The van der Waals surface area contributed by atoms with Crippen molar-refractivity contribution in [3.05, 3.63) is 65.4 Å². The molecule has 2 aromatic carbocycles. The summed E-state index contributed by atoms with van der Waals surface area (Å²) in [6, 6.07) is 16.9. The number of hydrogen-bond donors (Lipinski definition) is 0. The number of fused-ring (bicyclic) bond motifs is 3. The maximum Gasteiger partial charge on any atom is 0.419 e. The first-order valence-electron chi connectivity index (χ1n) is 10.1. The van der Waals surface area contributed by atoms with Crippen molar-refractivity contribution in [2.24, 2.45) is 0 Å². The lowest BCUT2D eigenvalue weighted by Gasteiger charge is -2.28. The van der Waals surface area contributed by atoms with E-state index in [1.165, 1.54) is 16.0 Å². The quantitative estimate of drug-likeness (QED) is 0.520. The molecular weight excluding hydrogens is 380 g/mol. The minimum absolute atomic E-state index is 0.280. The fraction of sp³-hybridized carbons (Fsp3) is 0.375. The Morgan fingerprint density at radius 3 is 2.59 bits per heavy atom. The van der Waals surface area contributed by atoms with E-state index >= 15 is 0 Å². The van der Waals surface area contributed by atoms with Crippen LogP contribution in [0.2, 0.25) is 0 Å². The first kappa shape index (κ1) is 20.0. The van der Waals surface area contributed by atoms with Gasteiger partial charge in [-0.05, 0) is 56.4 Å². The van der Waals surface area contributed by atoms with Gasteiger partial charge in [-0.1, -0.05) is 30.3 Å². The molecule has 2 heterocycles. The third-order valence-corrected chi connectivity index (χ3v) is 5.98. The summed E-state index contributed by atoms with van der Waals surface area (Å²) in [5, 5.41) is 1.16. The second kappa shape index (κ2) is 7.88. The van der Waals surface area contributed by atoms with Crippen LogP contribution in [0.15, 0.2) is 53.4 Å². The SMILES string of the molecule is CSc1ccc2c(c1)c1c(n2C(=O)OC(C)(C)C)CCN(Cc2ccccc2)C1. The standard InChI is InChI=1S/C24H28N2O2S/c1-24(2,3)28-23(27)26-21-11-10-18(29-4)14-19(21)20-16-25(13-12-22(20)26)15-17-8-6-5-7-9-17/h5-11,14H,12-13,15-16H2,1-4H3. The van der Waals surface area contributed by atoms with Gasteiger partial charge >= 0.3 is 6.09 Å². The Balaban J connectivity index is 1.74. The number of thioether (sulfide) groups is 1. The summed E-state index contributed by atoms with van der Waals surface area (Å²) in [6.45, 7) is 8.43. The summed E-state index contributed by atoms with van der Waals surface area (Å²) in [4.78, 5) is 16.7. The van der Waals surface area contributed by atoms with Crippen molar-refractivity contribution in [3.8, 4) is 0 Å². The van der Waals surface area contributed by atoms with E-state index in [0.29, 0.717) is 0 Å². The summed E-state index contributed by atoms with van der Waals surface area (Å²) >= 11 is 1.73. The van der Waals surface area contributed by atoms with Crippen molar-refractivity contribution in [2.45, 2.75) is 50.8 Å². The molecule has 29 heavy (non-hydrogen) atoms. The summed E-state index contributed by atoms with van der Waals surface area (Å²) < 4.78 is 7.55. The van der Waals surface area contributed by atoms with Crippen LogP contribution < -0.4 is 0 Å². The van der Waals surface area contributed by atoms with Gasteiger partial charge in [0.25, 0.3) is 0 Å². The van der Waals surface area contributed by atoms with Gasteiger partial charge in [0, 0.05) is 42.0 Å². The maximum absolute atomic E-state index is 13.1. The van der Waals surface area contributed by atoms with Crippen molar-refractivity contribution in [3.63, 3.8) is 0 Å². The minimum atomic E-state index is -0.520. The zero-order valence-electron chi connectivity index (χ0n) is 17.6. The highest BCUT2D eigenvalue weighted by molar-refractivity contribution is 7.98. The molecule has 0 radical (unpaired) electrons. The second-order valence-corrected chi connectivity index (χ2v) is 9.45. The highest BCUT2D eigenvalue weighted by Crippen LogP contribution is 2.34. The maximum atomic E-state index is 13.1. The van der Waals surface area contributed by atoms with Gasteiger partial charge in [-0.3, -0.25) is 4.90 Å². The molecule has 0 aliphatic carbocycles. The molecule has 0 spiro atoms. The summed E-state index contributed by atoms with van der Waals surface area (Å²) in [6.07, 6.45) is 2.64. The van der Waals surface area contributed by atoms with Crippen LogP contribution in [-0.2, 0) is 24.2 Å². The smallest absolute Gasteiger partial charge is 0.419 e. The Kier molecular flexibility index (Phi) is 5.45. The fourth-order valence-electron chi connectivity index (χ4n) is 4.01. The Morgan fingerprint density at radius 1 is 1.14 bits per heavy atom. The highest BCUT2D eigenvalue weighted by Gasteiger charge is 2.29. The predicted octanol–water partition coefficient (Wildman–Crippen LogP) is 5.70. The molecule has 0 atom stereocenters. The number of ether oxygens (including phenoxy) is 1. The van der Waals surface area contributed by atoms with Crippen molar-refractivity contribution < 1.29 is 9.53 Å². The van der Waals surface area contributed by atoms with E-state index in [4.69, 9.17) is 4.74 Å². The average molecular weight is 409 g/mol. The molecule has 4 rings (SSSR count). The zero-order chi connectivity index (χ0) is 20.6. The van der Waals surface area contributed by atoms with Crippen molar-refractivity contribution >= 4 is 28.8 Å². The molecule has 152 valence electrons. The molecule has 4 nitrogen and oxygen atoms in total. The van der Waals surface area contributed by atoms with E-state index < -0.39 is 5.60 Å². The van der Waals surface area contributed by atoms with Crippen molar-refractivity contribution in [2.75, 3.05) is 12.8 Å². The van der Waals surface area contributed by atoms with Gasteiger partial charge in [0.15, 0.2) is 0 Å². The van der Waals surface area contributed by atoms with Gasteiger partial charge in [0.2, 0.25) is 0 Å². The van der Waals surface area contributed by atoms with Crippen molar-refractivity contribution in [1.82, 2.24) is 9.47 Å². The summed E-state index contributed by atoms with van der Waals surface area (Å²) in [5.74, 6) is 0. The van der Waals surface area contributed by atoms with E-state index in [1.54, 1.807) is 16.3 Å². The highest BCUT2D eigenvalue weighted by atomic mass is 32.2. The van der Waals surface area contributed by atoms with Gasteiger partial charge < -0.3 is 4.74 Å². The first-order valence-corrected chi connectivity index (χ1v) is 11.3. The molecule has 5 heteroatoms. The molecule has 0 unspecified atom stereocenters. The van der Waals surface area contributed by atoms with Crippen LogP contribution in [0.25, 0.3) is 10.9 Å². The summed E-state index contributed by atoms with van der Waals surface area (Å²) in [7, 11) is 0. The topological polar surface area (TPSA) is 34.5 Å². The normalized spacial score (nSPS) is 14.8. The first-order chi connectivity index (χ1) is 13.9. The largest absolute Gasteiger partial charge is 0.443 e. The molecule has 1 aromatic heterocycles.